The number of hydrogen-bond acceptors (Lipinski definition) is 5. The van der Waals surface area contributed by atoms with Gasteiger partial charge in [-0.15, -0.1) is 11.3 Å². The number of hydrogen-bond donors (Lipinski definition) is 1. The van der Waals surface area contributed by atoms with E-state index < -0.39 is 5.60 Å². The van der Waals surface area contributed by atoms with E-state index in [1.807, 2.05) is 25.5 Å². The van der Waals surface area contributed by atoms with Gasteiger partial charge in [0.25, 0.3) is 0 Å². The van der Waals surface area contributed by atoms with Crippen molar-refractivity contribution < 1.29 is 5.11 Å². The second-order valence-corrected chi connectivity index (χ2v) is 8.92. The Bertz CT molecular complexity index is 1160. The first-order chi connectivity index (χ1) is 12.4. The lowest BCUT2D eigenvalue weighted by Gasteiger charge is -2.52. The predicted molar refractivity (Wildman–Crippen MR) is 104 cm³/mol. The van der Waals surface area contributed by atoms with Crippen molar-refractivity contribution in [1.29, 1.82) is 0 Å². The molecule has 5 rings (SSSR count). The molecule has 1 aliphatic carbocycles. The minimum absolute atomic E-state index is 0.0774. The Morgan fingerprint density at radius 1 is 1.15 bits per heavy atom. The maximum atomic E-state index is 11.1. The summed E-state index contributed by atoms with van der Waals surface area (Å²) in [4.78, 5) is 11.3. The number of aryl methyl sites for hydroxylation is 1. The van der Waals surface area contributed by atoms with Crippen molar-refractivity contribution in [3.63, 3.8) is 0 Å². The molecule has 0 amide bonds. The molecule has 0 aromatic carbocycles. The molecule has 4 aromatic heterocycles. The molecule has 4 aromatic rings. The number of aromatic nitrogens is 4. The van der Waals surface area contributed by atoms with Gasteiger partial charge in [0.15, 0.2) is 5.65 Å². The minimum atomic E-state index is -0.727. The first-order valence-corrected chi connectivity index (χ1v) is 9.61. The van der Waals surface area contributed by atoms with Crippen molar-refractivity contribution in [2.45, 2.75) is 32.3 Å². The van der Waals surface area contributed by atoms with Crippen LogP contribution in [-0.2, 0) is 12.6 Å². The summed E-state index contributed by atoms with van der Waals surface area (Å²) < 4.78 is 1.77. The standard InChI is InChI=1S/C20H20N4OS/c1-19(2)6-7-20(19,25)16-9-12-4-5-15(22-18(12)26-16)13-8-14-11-24(3)23-17(14)21-10-13/h4-5,8-11,25H,6-7H2,1-3H3/t20-/m0/s1. The van der Waals surface area contributed by atoms with Gasteiger partial charge in [-0.1, -0.05) is 13.8 Å². The van der Waals surface area contributed by atoms with Crippen molar-refractivity contribution >= 4 is 32.6 Å². The van der Waals surface area contributed by atoms with Crippen LogP contribution in [0.5, 0.6) is 0 Å². The first-order valence-electron chi connectivity index (χ1n) is 8.79. The van der Waals surface area contributed by atoms with Crippen LogP contribution in [-0.4, -0.2) is 24.9 Å². The van der Waals surface area contributed by atoms with Crippen LogP contribution in [0.25, 0.3) is 32.5 Å². The van der Waals surface area contributed by atoms with E-state index in [9.17, 15) is 5.11 Å². The van der Waals surface area contributed by atoms with Crippen LogP contribution in [0.4, 0.5) is 0 Å². The molecule has 1 saturated carbocycles. The maximum Gasteiger partial charge on any atom is 0.181 e. The molecule has 0 unspecified atom stereocenters. The highest BCUT2D eigenvalue weighted by atomic mass is 32.1. The molecular weight excluding hydrogens is 344 g/mol. The summed E-state index contributed by atoms with van der Waals surface area (Å²) in [6, 6.07) is 8.27. The molecule has 1 atom stereocenters. The monoisotopic (exact) mass is 364 g/mol. The zero-order chi connectivity index (χ0) is 18.1. The molecule has 1 fully saturated rings. The van der Waals surface area contributed by atoms with E-state index in [4.69, 9.17) is 4.98 Å². The normalized spacial score (nSPS) is 22.0. The highest BCUT2D eigenvalue weighted by Crippen LogP contribution is 2.57. The van der Waals surface area contributed by atoms with Crippen LogP contribution in [0.15, 0.2) is 36.7 Å². The van der Waals surface area contributed by atoms with Crippen LogP contribution < -0.4 is 0 Å². The van der Waals surface area contributed by atoms with E-state index >= 15 is 0 Å². The third kappa shape index (κ3) is 2.15. The van der Waals surface area contributed by atoms with Gasteiger partial charge >= 0.3 is 0 Å². The fourth-order valence-corrected chi connectivity index (χ4v) is 5.10. The largest absolute Gasteiger partial charge is 0.384 e. The fraction of sp³-hybridized carbons (Fsp3) is 0.350. The molecular formula is C20H20N4OS. The Morgan fingerprint density at radius 2 is 2.00 bits per heavy atom. The Hall–Kier alpha value is -2.31. The lowest BCUT2D eigenvalue weighted by atomic mass is 9.58. The Balaban J connectivity index is 1.59. The summed E-state index contributed by atoms with van der Waals surface area (Å²) >= 11 is 1.60. The number of rotatable bonds is 2. The number of aliphatic hydroxyl groups is 1. The molecule has 0 aliphatic heterocycles. The zero-order valence-corrected chi connectivity index (χ0v) is 15.8. The number of fused-ring (bicyclic) bond motifs is 2. The third-order valence-corrected chi connectivity index (χ3v) is 6.99. The van der Waals surface area contributed by atoms with Gasteiger partial charge in [0, 0.05) is 40.7 Å². The molecule has 1 N–H and O–H groups in total. The molecule has 0 radical (unpaired) electrons. The summed E-state index contributed by atoms with van der Waals surface area (Å²) in [7, 11) is 1.89. The van der Waals surface area contributed by atoms with Gasteiger partial charge in [-0.25, -0.2) is 9.97 Å². The van der Waals surface area contributed by atoms with Gasteiger partial charge in [-0.2, -0.15) is 5.10 Å². The van der Waals surface area contributed by atoms with Gasteiger partial charge in [0.1, 0.15) is 10.4 Å². The van der Waals surface area contributed by atoms with Crippen LogP contribution in [0.3, 0.4) is 0 Å². The third-order valence-electron chi connectivity index (χ3n) is 5.79. The van der Waals surface area contributed by atoms with Crippen molar-refractivity contribution in [3.05, 3.63) is 41.5 Å². The van der Waals surface area contributed by atoms with Crippen LogP contribution in [0.1, 0.15) is 31.6 Å². The summed E-state index contributed by atoms with van der Waals surface area (Å²) in [6.07, 6.45) is 5.65. The van der Waals surface area contributed by atoms with E-state index in [0.29, 0.717) is 0 Å². The summed E-state index contributed by atoms with van der Waals surface area (Å²) in [5, 5.41) is 17.5. The van der Waals surface area contributed by atoms with Crippen LogP contribution >= 0.6 is 11.3 Å². The van der Waals surface area contributed by atoms with Gasteiger partial charge in [-0.3, -0.25) is 4.68 Å². The van der Waals surface area contributed by atoms with E-state index in [-0.39, 0.29) is 5.41 Å². The van der Waals surface area contributed by atoms with Crippen LogP contribution in [0.2, 0.25) is 0 Å². The molecule has 4 heterocycles. The topological polar surface area (TPSA) is 63.8 Å². The Kier molecular flexibility index (Phi) is 3.13. The Morgan fingerprint density at radius 3 is 2.73 bits per heavy atom. The second kappa shape index (κ2) is 5.11. The fourth-order valence-electron chi connectivity index (χ4n) is 3.77. The quantitative estimate of drug-likeness (QED) is 0.577. The van der Waals surface area contributed by atoms with E-state index in [2.05, 4.69) is 42.1 Å². The van der Waals surface area contributed by atoms with Crippen molar-refractivity contribution in [3.8, 4) is 11.3 Å². The molecule has 26 heavy (non-hydrogen) atoms. The van der Waals surface area contributed by atoms with Gasteiger partial charge in [0.05, 0.1) is 5.69 Å². The van der Waals surface area contributed by atoms with E-state index in [0.717, 1.165) is 50.2 Å². The summed E-state index contributed by atoms with van der Waals surface area (Å²) in [5.74, 6) is 0. The molecule has 132 valence electrons. The average molecular weight is 364 g/mol. The molecule has 0 spiro atoms. The van der Waals surface area contributed by atoms with Crippen molar-refractivity contribution in [2.24, 2.45) is 12.5 Å². The van der Waals surface area contributed by atoms with E-state index in [1.165, 1.54) is 0 Å². The first kappa shape index (κ1) is 15.9. The highest BCUT2D eigenvalue weighted by Gasteiger charge is 2.53. The summed E-state index contributed by atoms with van der Waals surface area (Å²) in [6.45, 7) is 4.27. The SMILES string of the molecule is Cn1cc2cc(-c3ccc4cc([C@@]5(O)CCC5(C)C)sc4n3)cnc2n1. The summed E-state index contributed by atoms with van der Waals surface area (Å²) in [5.41, 5.74) is 1.81. The van der Waals surface area contributed by atoms with Gasteiger partial charge in [0.2, 0.25) is 0 Å². The predicted octanol–water partition coefficient (Wildman–Crippen LogP) is 4.25. The lowest BCUT2D eigenvalue weighted by Crippen LogP contribution is -2.50. The number of nitrogens with zero attached hydrogens (tertiary/aromatic N) is 4. The minimum Gasteiger partial charge on any atom is -0.384 e. The van der Waals surface area contributed by atoms with Gasteiger partial charge < -0.3 is 5.11 Å². The van der Waals surface area contributed by atoms with Gasteiger partial charge in [-0.05, 0) is 42.5 Å². The van der Waals surface area contributed by atoms with E-state index in [1.54, 1.807) is 16.0 Å². The zero-order valence-electron chi connectivity index (χ0n) is 15.0. The number of pyridine rings is 2. The van der Waals surface area contributed by atoms with Crippen molar-refractivity contribution in [1.82, 2.24) is 19.7 Å². The second-order valence-electron chi connectivity index (χ2n) is 7.89. The number of thiophene rings is 1. The highest BCUT2D eigenvalue weighted by molar-refractivity contribution is 7.18. The van der Waals surface area contributed by atoms with Crippen LogP contribution in [0, 0.1) is 5.41 Å². The lowest BCUT2D eigenvalue weighted by molar-refractivity contribution is -0.153. The molecule has 1 aliphatic rings. The molecule has 5 nitrogen and oxygen atoms in total. The average Bonchev–Trinajstić information content (AvgIpc) is 3.20. The van der Waals surface area contributed by atoms with Crippen molar-refractivity contribution in [2.75, 3.05) is 0 Å². The maximum absolute atomic E-state index is 11.1. The Labute approximate surface area is 155 Å². The molecule has 0 saturated heterocycles. The molecule has 0 bridgehead atoms. The molecule has 6 heteroatoms. The smallest absolute Gasteiger partial charge is 0.181 e.